The van der Waals surface area contributed by atoms with Crippen LogP contribution in [-0.4, -0.2) is 64.1 Å². The number of azide groups is 1. The first-order valence-electron chi connectivity index (χ1n) is 6.70. The lowest BCUT2D eigenvalue weighted by atomic mass is 10.0. The van der Waals surface area contributed by atoms with Crippen molar-refractivity contribution in [2.24, 2.45) is 5.11 Å². The molecule has 0 aromatic heterocycles. The number of carbonyl (C=O) groups is 4. The van der Waals surface area contributed by atoms with Gasteiger partial charge in [0.2, 0.25) is 5.91 Å². The van der Waals surface area contributed by atoms with Crippen LogP contribution < -0.4 is 5.32 Å². The monoisotopic (exact) mass is 355 g/mol. The molecule has 128 valence electrons. The van der Waals surface area contributed by atoms with Gasteiger partial charge in [-0.25, -0.2) is 4.79 Å². The predicted molar refractivity (Wildman–Crippen MR) is 80.3 cm³/mol. The maximum atomic E-state index is 12.2. The topological polar surface area (TPSA) is 162 Å². The third-order valence-electron chi connectivity index (χ3n) is 3.29. The number of carboxylic acid groups (broad SMARTS) is 1. The molecule has 12 heteroatoms. The highest BCUT2D eigenvalue weighted by molar-refractivity contribution is 8.00. The minimum atomic E-state index is -1.31. The Hall–Kier alpha value is -2.72. The first-order valence-corrected chi connectivity index (χ1v) is 7.75. The first-order chi connectivity index (χ1) is 11.4. The van der Waals surface area contributed by atoms with Crippen molar-refractivity contribution in [3.05, 3.63) is 21.7 Å². The van der Waals surface area contributed by atoms with Crippen molar-refractivity contribution in [1.29, 1.82) is 0 Å². The number of esters is 1. The standard InChI is InChI=1S/C12H13N5O6S/c1-5(18)23-3-6-4-24-11-8(15-7(19)2-14-16-13)10(20)17(11)9(6)12(21)22/h8,11H,2-4H2,1H3,(H,15,19)(H,21,22)/t8-,11+/m1/s1. The average Bonchev–Trinajstić information content (AvgIpc) is 2.54. The van der Waals surface area contributed by atoms with Gasteiger partial charge in [-0.3, -0.25) is 19.3 Å². The summed E-state index contributed by atoms with van der Waals surface area (Å²) < 4.78 is 4.81. The van der Waals surface area contributed by atoms with E-state index in [1.54, 1.807) is 0 Å². The molecule has 1 saturated heterocycles. The Morgan fingerprint density at radius 1 is 1.54 bits per heavy atom. The van der Waals surface area contributed by atoms with Gasteiger partial charge in [-0.05, 0) is 5.53 Å². The molecular formula is C12H13N5O6S. The molecular weight excluding hydrogens is 342 g/mol. The maximum absolute atomic E-state index is 12.2. The van der Waals surface area contributed by atoms with Gasteiger partial charge >= 0.3 is 11.9 Å². The second-order valence-corrected chi connectivity index (χ2v) is 5.99. The number of β-lactam (4-membered cyclic amide) rings is 1. The van der Waals surface area contributed by atoms with E-state index < -0.39 is 41.7 Å². The lowest BCUT2D eigenvalue weighted by Gasteiger charge is -2.49. The van der Waals surface area contributed by atoms with Crippen molar-refractivity contribution in [2.45, 2.75) is 18.3 Å². The number of amides is 2. The minimum Gasteiger partial charge on any atom is -0.477 e. The number of aliphatic carboxylic acids is 1. The second kappa shape index (κ2) is 7.23. The summed E-state index contributed by atoms with van der Waals surface area (Å²) in [6, 6.07) is -0.888. The zero-order valence-corrected chi connectivity index (χ0v) is 13.3. The number of carboxylic acids is 1. The number of ether oxygens (including phenoxy) is 1. The molecule has 0 unspecified atom stereocenters. The van der Waals surface area contributed by atoms with Crippen molar-refractivity contribution < 1.29 is 29.0 Å². The van der Waals surface area contributed by atoms with E-state index in [2.05, 4.69) is 15.3 Å². The maximum Gasteiger partial charge on any atom is 0.352 e. The molecule has 2 atom stereocenters. The Balaban J connectivity index is 2.13. The molecule has 2 aliphatic heterocycles. The number of fused-ring (bicyclic) bond motifs is 1. The molecule has 2 amide bonds. The van der Waals surface area contributed by atoms with E-state index in [9.17, 15) is 24.3 Å². The van der Waals surface area contributed by atoms with Gasteiger partial charge in [0.1, 0.15) is 30.3 Å². The number of hydrogen-bond acceptors (Lipinski definition) is 7. The summed E-state index contributed by atoms with van der Waals surface area (Å²) in [6.45, 7) is 0.537. The van der Waals surface area contributed by atoms with E-state index in [-0.39, 0.29) is 18.1 Å². The van der Waals surface area contributed by atoms with Gasteiger partial charge in [-0.2, -0.15) is 0 Å². The molecule has 2 rings (SSSR count). The third kappa shape index (κ3) is 3.44. The highest BCUT2D eigenvalue weighted by atomic mass is 32.2. The van der Waals surface area contributed by atoms with E-state index in [0.717, 1.165) is 4.90 Å². The van der Waals surface area contributed by atoms with Gasteiger partial charge in [-0.1, -0.05) is 5.11 Å². The largest absolute Gasteiger partial charge is 0.477 e. The van der Waals surface area contributed by atoms with E-state index in [1.807, 2.05) is 0 Å². The summed E-state index contributed by atoms with van der Waals surface area (Å²) in [6.07, 6.45) is 0. The minimum absolute atomic E-state index is 0.214. The highest BCUT2D eigenvalue weighted by Crippen LogP contribution is 2.40. The van der Waals surface area contributed by atoms with Gasteiger partial charge in [0.25, 0.3) is 5.91 Å². The molecule has 2 aliphatic rings. The van der Waals surface area contributed by atoms with E-state index in [4.69, 9.17) is 10.3 Å². The molecule has 0 saturated carbocycles. The van der Waals surface area contributed by atoms with Gasteiger partial charge in [0, 0.05) is 23.2 Å². The molecule has 11 nitrogen and oxygen atoms in total. The van der Waals surface area contributed by atoms with E-state index in [0.29, 0.717) is 5.57 Å². The summed E-state index contributed by atoms with van der Waals surface area (Å²) in [4.78, 5) is 49.6. The van der Waals surface area contributed by atoms with Gasteiger partial charge in [0.15, 0.2) is 0 Å². The van der Waals surface area contributed by atoms with Crippen molar-refractivity contribution in [3.63, 3.8) is 0 Å². The van der Waals surface area contributed by atoms with Crippen LogP contribution in [0.25, 0.3) is 10.4 Å². The predicted octanol–water partition coefficient (Wildman–Crippen LogP) is -0.402. The molecule has 0 aromatic carbocycles. The summed E-state index contributed by atoms with van der Waals surface area (Å²) in [7, 11) is 0. The number of carbonyl (C=O) groups excluding carboxylic acids is 3. The Morgan fingerprint density at radius 2 is 2.25 bits per heavy atom. The van der Waals surface area contributed by atoms with Crippen molar-refractivity contribution in [3.8, 4) is 0 Å². The fraction of sp³-hybridized carbons (Fsp3) is 0.500. The Morgan fingerprint density at radius 3 is 2.83 bits per heavy atom. The molecule has 0 radical (unpaired) electrons. The van der Waals surface area contributed by atoms with Crippen molar-refractivity contribution >= 4 is 35.5 Å². The van der Waals surface area contributed by atoms with Crippen molar-refractivity contribution in [2.75, 3.05) is 18.9 Å². The Bertz CT molecular complexity index is 685. The highest BCUT2D eigenvalue weighted by Gasteiger charge is 2.54. The molecule has 2 heterocycles. The van der Waals surface area contributed by atoms with Crippen LogP contribution in [0.3, 0.4) is 0 Å². The van der Waals surface area contributed by atoms with E-state index >= 15 is 0 Å². The molecule has 2 N–H and O–H groups in total. The fourth-order valence-electron chi connectivity index (χ4n) is 2.30. The Kier molecular flexibility index (Phi) is 5.31. The molecule has 1 fully saturated rings. The Labute approximate surface area is 139 Å². The van der Waals surface area contributed by atoms with Crippen LogP contribution in [0.2, 0.25) is 0 Å². The van der Waals surface area contributed by atoms with Crippen LogP contribution >= 0.6 is 11.8 Å². The SMILES string of the molecule is CC(=O)OCC1=C(C(=O)O)N2C(=O)[C@@H](NC(=O)CN=[N+]=[N-])[C@@H]2SC1. The molecule has 0 spiro atoms. The fourth-order valence-corrected chi connectivity index (χ4v) is 3.63. The first kappa shape index (κ1) is 17.6. The van der Waals surface area contributed by atoms with Gasteiger partial charge < -0.3 is 15.2 Å². The summed E-state index contributed by atoms with van der Waals surface area (Å²) in [5, 5.41) is 14.3. The number of rotatable bonds is 6. The van der Waals surface area contributed by atoms with Crippen LogP contribution in [0.15, 0.2) is 16.4 Å². The zero-order valence-electron chi connectivity index (χ0n) is 12.5. The van der Waals surface area contributed by atoms with Crippen LogP contribution in [0.4, 0.5) is 0 Å². The van der Waals surface area contributed by atoms with Gasteiger partial charge in [0.05, 0.1) is 0 Å². The number of nitrogens with one attached hydrogen (secondary N) is 1. The number of thioether (sulfide) groups is 1. The average molecular weight is 355 g/mol. The molecule has 24 heavy (non-hydrogen) atoms. The number of hydrogen-bond donors (Lipinski definition) is 2. The van der Waals surface area contributed by atoms with Crippen LogP contribution in [0, 0.1) is 0 Å². The summed E-state index contributed by atoms with van der Waals surface area (Å²) in [5.41, 5.74) is 8.25. The molecule has 0 aliphatic carbocycles. The van der Waals surface area contributed by atoms with Crippen LogP contribution in [0.1, 0.15) is 6.92 Å². The summed E-state index contributed by atoms with van der Waals surface area (Å²) in [5.74, 6) is -2.84. The van der Waals surface area contributed by atoms with Crippen LogP contribution in [-0.2, 0) is 23.9 Å². The lowest BCUT2D eigenvalue weighted by molar-refractivity contribution is -0.150. The quantitative estimate of drug-likeness (QED) is 0.215. The third-order valence-corrected chi connectivity index (χ3v) is 4.63. The lowest BCUT2D eigenvalue weighted by Crippen LogP contribution is -2.70. The normalized spacial score (nSPS) is 22.0. The second-order valence-electron chi connectivity index (χ2n) is 4.88. The molecule has 0 bridgehead atoms. The smallest absolute Gasteiger partial charge is 0.352 e. The van der Waals surface area contributed by atoms with Crippen LogP contribution in [0.5, 0.6) is 0 Å². The molecule has 0 aromatic rings. The van der Waals surface area contributed by atoms with E-state index in [1.165, 1.54) is 18.7 Å². The number of nitrogens with zero attached hydrogens (tertiary/aromatic N) is 4. The summed E-state index contributed by atoms with van der Waals surface area (Å²) >= 11 is 1.25. The van der Waals surface area contributed by atoms with Crippen molar-refractivity contribution in [1.82, 2.24) is 10.2 Å². The van der Waals surface area contributed by atoms with Gasteiger partial charge in [-0.15, -0.1) is 11.8 Å². The zero-order chi connectivity index (χ0) is 17.9.